The minimum atomic E-state index is -4.12. The minimum Gasteiger partial charge on any atom is -0.376 e. The van der Waals surface area contributed by atoms with Crippen molar-refractivity contribution in [3.05, 3.63) is 124 Å². The first-order valence-corrected chi connectivity index (χ1v) is 27.4. The molecule has 0 aliphatic rings. The molecule has 67 heavy (non-hydrogen) atoms. The van der Waals surface area contributed by atoms with Crippen LogP contribution >= 0.6 is 14.7 Å². The van der Waals surface area contributed by atoms with E-state index in [0.29, 0.717) is 48.6 Å². The molecular weight excluding hydrogens is 875 g/mol. The Morgan fingerprint density at radius 3 is 1.42 bits per heavy atom. The van der Waals surface area contributed by atoms with Crippen LogP contribution in [0.5, 0.6) is 0 Å². The molecule has 4 aromatic carbocycles. The molecule has 0 amide bonds. The second kappa shape index (κ2) is 21.8. The van der Waals surface area contributed by atoms with E-state index < -0.39 is 48.3 Å². The summed E-state index contributed by atoms with van der Waals surface area (Å²) in [5.74, 6) is 0. The lowest BCUT2D eigenvalue weighted by Crippen LogP contribution is -2.46. The Bertz CT molecular complexity index is 2350. The Morgan fingerprint density at radius 1 is 0.522 bits per heavy atom. The summed E-state index contributed by atoms with van der Waals surface area (Å²) in [5.41, 5.74) is 1.63. The van der Waals surface area contributed by atoms with E-state index in [9.17, 15) is 4.79 Å². The maximum Gasteiger partial charge on any atom is 0.301 e. The summed E-state index contributed by atoms with van der Waals surface area (Å²) in [4.78, 5) is 14.5. The van der Waals surface area contributed by atoms with E-state index in [-0.39, 0.29) is 12.0 Å². The van der Waals surface area contributed by atoms with Crippen LogP contribution in [0.4, 0.5) is 0 Å². The van der Waals surface area contributed by atoms with Gasteiger partial charge < -0.3 is 23.3 Å². The lowest BCUT2D eigenvalue weighted by molar-refractivity contribution is -0.134. The number of benzene rings is 4. The Balaban J connectivity index is 1.57. The zero-order valence-corrected chi connectivity index (χ0v) is 46.2. The first kappa shape index (κ1) is 56.4. The quantitative estimate of drug-likeness (QED) is 0.0606. The number of hydrogen-bond acceptors (Lipinski definition) is 8. The summed E-state index contributed by atoms with van der Waals surface area (Å²) in [6.45, 7) is 37.6. The van der Waals surface area contributed by atoms with E-state index in [1.165, 1.54) is 0 Å². The van der Waals surface area contributed by atoms with Crippen molar-refractivity contribution in [2.24, 2.45) is 5.41 Å². The van der Waals surface area contributed by atoms with Gasteiger partial charge in [0, 0.05) is 28.1 Å². The average Bonchev–Trinajstić information content (AvgIpc) is 3.19. The van der Waals surface area contributed by atoms with Gasteiger partial charge in [0.1, 0.15) is 0 Å². The van der Waals surface area contributed by atoms with Crippen LogP contribution in [0.1, 0.15) is 159 Å². The fourth-order valence-corrected chi connectivity index (χ4v) is 15.8. The van der Waals surface area contributed by atoms with Gasteiger partial charge in [-0.05, 0) is 195 Å². The third kappa shape index (κ3) is 14.9. The van der Waals surface area contributed by atoms with E-state index in [1.807, 2.05) is 118 Å². The van der Waals surface area contributed by atoms with Crippen molar-refractivity contribution in [1.29, 1.82) is 0 Å². The molecule has 370 valence electrons. The van der Waals surface area contributed by atoms with Crippen LogP contribution in [0.15, 0.2) is 84.9 Å². The van der Waals surface area contributed by atoms with Gasteiger partial charge in [0.25, 0.3) is 12.9 Å². The molecule has 3 atom stereocenters. The third-order valence-electron chi connectivity index (χ3n) is 12.7. The fourth-order valence-electron chi connectivity index (χ4n) is 10.5. The first-order chi connectivity index (χ1) is 30.8. The Kier molecular flexibility index (Phi) is 18.4. The molecule has 0 heterocycles. The highest BCUT2D eigenvalue weighted by molar-refractivity contribution is 7.83. The molecule has 0 aliphatic heterocycles. The van der Waals surface area contributed by atoms with Crippen LogP contribution in [0.3, 0.4) is 0 Å². The van der Waals surface area contributed by atoms with Crippen molar-refractivity contribution < 1.29 is 37.2 Å². The second-order valence-corrected chi connectivity index (χ2v) is 26.7. The molecule has 3 unspecified atom stereocenters. The predicted molar refractivity (Wildman–Crippen MR) is 280 cm³/mol. The summed E-state index contributed by atoms with van der Waals surface area (Å²) in [6.07, 6.45) is 3.47. The summed E-state index contributed by atoms with van der Waals surface area (Å²) >= 11 is 0. The molecule has 0 aliphatic carbocycles. The minimum absolute atomic E-state index is 0.0913. The zero-order chi connectivity index (χ0) is 50.4. The number of carbonyl (C=O) groups is 1. The van der Waals surface area contributed by atoms with E-state index in [0.717, 1.165) is 51.5 Å². The number of rotatable bonds is 25. The lowest BCUT2D eigenvalue weighted by Gasteiger charge is -2.48. The second-order valence-electron chi connectivity index (χ2n) is 22.3. The molecule has 10 heteroatoms. The standard InChI is InChI=1S/C57H84O8P2/c1-19-57(37-53(11,12)61-20-2,38-54(13,14)62-32-31-52(9,10)64-66(59,47-27-23-21-24-28-47)50-45(7)35-42(4)36-46(50)8)39-55(15,16)63-40-56(17,18)65-67(60,48-29-25-22-26-30-48)51(58)49-43(5)33-41(3)34-44(49)6/h21-30,33-36H,19-20,31-32,37-40H2,1-18H3. The molecule has 4 aromatic rings. The topological polar surface area (TPSA) is 97.4 Å². The highest BCUT2D eigenvalue weighted by Gasteiger charge is 2.47. The lowest BCUT2D eigenvalue weighted by atomic mass is 9.65. The van der Waals surface area contributed by atoms with E-state index in [1.54, 1.807) is 24.3 Å². The zero-order valence-electron chi connectivity index (χ0n) is 44.4. The van der Waals surface area contributed by atoms with E-state index >= 15 is 9.13 Å². The maximum atomic E-state index is 15.3. The molecule has 0 fully saturated rings. The molecule has 0 spiro atoms. The molecule has 4 rings (SSSR count). The fraction of sp³-hybridized carbons (Fsp3) is 0.561. The predicted octanol–water partition coefficient (Wildman–Crippen LogP) is 14.2. The van der Waals surface area contributed by atoms with Gasteiger partial charge in [-0.2, -0.15) is 0 Å². The van der Waals surface area contributed by atoms with Crippen LogP contribution in [0.25, 0.3) is 0 Å². The van der Waals surface area contributed by atoms with Crippen LogP contribution in [-0.2, 0) is 32.4 Å². The molecule has 8 nitrogen and oxygen atoms in total. The molecule has 0 saturated carbocycles. The summed E-state index contributed by atoms with van der Waals surface area (Å²) < 4.78 is 64.1. The summed E-state index contributed by atoms with van der Waals surface area (Å²) in [6, 6.07) is 26.4. The molecule has 0 N–H and O–H groups in total. The van der Waals surface area contributed by atoms with Gasteiger partial charge in [0.15, 0.2) is 0 Å². The SMILES string of the molecule is CCOC(C)(C)CC(CC)(CC(C)(C)OCCC(C)(C)OP(=O)(c1ccccc1)c1c(C)cc(C)cc1C)CC(C)(C)OCC(C)(C)OP(=O)(C(=O)c1c(C)cc(C)cc1C)c1ccccc1. The largest absolute Gasteiger partial charge is 0.376 e. The average molecular weight is 959 g/mol. The first-order valence-electron chi connectivity index (χ1n) is 24.2. The van der Waals surface area contributed by atoms with Crippen LogP contribution in [0.2, 0.25) is 0 Å². The smallest absolute Gasteiger partial charge is 0.301 e. The van der Waals surface area contributed by atoms with Crippen molar-refractivity contribution in [3.63, 3.8) is 0 Å². The van der Waals surface area contributed by atoms with Crippen molar-refractivity contribution >= 4 is 36.2 Å². The summed E-state index contributed by atoms with van der Waals surface area (Å²) in [5, 5.41) is 1.79. The van der Waals surface area contributed by atoms with Crippen molar-refractivity contribution in [1.82, 2.24) is 0 Å². The van der Waals surface area contributed by atoms with E-state index in [4.69, 9.17) is 23.3 Å². The van der Waals surface area contributed by atoms with Crippen molar-refractivity contribution in [2.45, 2.75) is 185 Å². The van der Waals surface area contributed by atoms with Crippen LogP contribution < -0.4 is 15.9 Å². The highest BCUT2D eigenvalue weighted by Crippen LogP contribution is 2.55. The van der Waals surface area contributed by atoms with Gasteiger partial charge in [-0.3, -0.25) is 13.9 Å². The monoisotopic (exact) mass is 959 g/mol. The van der Waals surface area contributed by atoms with Gasteiger partial charge >= 0.3 is 7.37 Å². The van der Waals surface area contributed by atoms with Crippen LogP contribution in [-0.4, -0.2) is 53.4 Å². The maximum absolute atomic E-state index is 15.3. The molecule has 0 aromatic heterocycles. The van der Waals surface area contributed by atoms with Crippen molar-refractivity contribution in [3.8, 4) is 0 Å². The third-order valence-corrected chi connectivity index (χ3v) is 18.2. The van der Waals surface area contributed by atoms with Gasteiger partial charge in [0.05, 0.1) is 41.2 Å². The van der Waals surface area contributed by atoms with Crippen LogP contribution in [0, 0.1) is 47.0 Å². The molecule has 0 bridgehead atoms. The van der Waals surface area contributed by atoms with E-state index in [2.05, 4.69) is 67.5 Å². The number of ether oxygens (including phenoxy) is 3. The van der Waals surface area contributed by atoms with Gasteiger partial charge in [0.2, 0.25) is 0 Å². The number of carbonyl (C=O) groups excluding carboxylic acids is 1. The Hall–Kier alpha value is -3.19. The molecule has 0 saturated heterocycles. The summed E-state index contributed by atoms with van der Waals surface area (Å²) in [7, 11) is -7.63. The Labute approximate surface area is 405 Å². The van der Waals surface area contributed by atoms with Crippen molar-refractivity contribution in [2.75, 3.05) is 19.8 Å². The number of hydrogen-bond donors (Lipinski definition) is 0. The van der Waals surface area contributed by atoms with Gasteiger partial charge in [-0.15, -0.1) is 0 Å². The van der Waals surface area contributed by atoms with Gasteiger partial charge in [-0.25, -0.2) is 0 Å². The Morgan fingerprint density at radius 2 is 0.955 bits per heavy atom. The normalized spacial score (nSPS) is 15.7. The molecular formula is C57H84O8P2. The van der Waals surface area contributed by atoms with Gasteiger partial charge in [-0.1, -0.05) is 85.1 Å². The number of aryl methyl sites for hydroxylation is 6. The molecule has 0 radical (unpaired) electrons. The highest BCUT2D eigenvalue weighted by atomic mass is 31.2.